The summed E-state index contributed by atoms with van der Waals surface area (Å²) in [5.74, 6) is 0.222. The molecule has 2 heterocycles. The zero-order chi connectivity index (χ0) is 21.8. The lowest BCUT2D eigenvalue weighted by molar-refractivity contribution is 0.0767. The molecule has 1 aliphatic heterocycles. The van der Waals surface area contributed by atoms with Gasteiger partial charge in [0.25, 0.3) is 0 Å². The summed E-state index contributed by atoms with van der Waals surface area (Å²) in [5, 5.41) is 11.3. The highest BCUT2D eigenvalue weighted by Crippen LogP contribution is 2.57. The first-order chi connectivity index (χ1) is 14.9. The van der Waals surface area contributed by atoms with E-state index in [1.54, 1.807) is 12.1 Å². The van der Waals surface area contributed by atoms with E-state index in [0.717, 1.165) is 53.4 Å². The zero-order valence-electron chi connectivity index (χ0n) is 17.9. The molecule has 3 N–H and O–H groups in total. The molecule has 1 atom stereocenters. The number of para-hydroxylation sites is 1. The van der Waals surface area contributed by atoms with Crippen molar-refractivity contribution in [3.8, 4) is 11.6 Å². The van der Waals surface area contributed by atoms with Crippen LogP contribution in [0.5, 0.6) is 11.6 Å². The van der Waals surface area contributed by atoms with Crippen LogP contribution in [0.1, 0.15) is 46.3 Å². The molecule has 0 radical (unpaired) electrons. The summed E-state index contributed by atoms with van der Waals surface area (Å²) in [6, 6.07) is 13.8. The van der Waals surface area contributed by atoms with Crippen molar-refractivity contribution in [1.29, 1.82) is 0 Å². The zero-order valence-corrected chi connectivity index (χ0v) is 17.9. The number of primary amides is 1. The number of carbonyl (C=O) groups is 1. The summed E-state index contributed by atoms with van der Waals surface area (Å²) in [5.41, 5.74) is 9.64. The van der Waals surface area contributed by atoms with Crippen LogP contribution in [0.2, 0.25) is 0 Å². The number of rotatable bonds is 6. The lowest BCUT2D eigenvalue weighted by Gasteiger charge is -2.37. The minimum absolute atomic E-state index is 0.00757. The molecule has 3 aromatic rings. The maximum Gasteiger partial charge on any atom is 0.249 e. The average Bonchev–Trinajstić information content (AvgIpc) is 3.54. The number of fused-ring (bicyclic) bond motifs is 1. The maximum absolute atomic E-state index is 12.2. The van der Waals surface area contributed by atoms with Gasteiger partial charge in [0, 0.05) is 28.5 Å². The van der Waals surface area contributed by atoms with E-state index < -0.39 is 5.91 Å². The SMILES string of the molecule is Cc1c(C(N)=O)cc(OCC2CCN2C)cc1C1(c2cc(O)nc3ccccc23)CC1. The first-order valence-corrected chi connectivity index (χ1v) is 10.8. The quantitative estimate of drug-likeness (QED) is 0.641. The Morgan fingerprint density at radius 2 is 2.03 bits per heavy atom. The van der Waals surface area contributed by atoms with Crippen LogP contribution in [0, 0.1) is 6.92 Å². The van der Waals surface area contributed by atoms with E-state index in [9.17, 15) is 9.90 Å². The molecule has 31 heavy (non-hydrogen) atoms. The van der Waals surface area contributed by atoms with E-state index >= 15 is 0 Å². The molecule has 6 nitrogen and oxygen atoms in total. The highest BCUT2D eigenvalue weighted by atomic mass is 16.5. The number of aromatic hydroxyl groups is 1. The summed E-state index contributed by atoms with van der Waals surface area (Å²) in [4.78, 5) is 18.8. The molecule has 1 amide bonds. The second-order valence-corrected chi connectivity index (χ2v) is 8.87. The molecular formula is C25H27N3O3. The maximum atomic E-state index is 12.2. The van der Waals surface area contributed by atoms with Crippen LogP contribution in [0.15, 0.2) is 42.5 Å². The minimum Gasteiger partial charge on any atom is -0.493 e. The summed E-state index contributed by atoms with van der Waals surface area (Å²) in [7, 11) is 2.09. The number of carbonyl (C=O) groups excluding carboxylic acids is 1. The van der Waals surface area contributed by atoms with Gasteiger partial charge in [-0.05, 0) is 74.7 Å². The van der Waals surface area contributed by atoms with Crippen molar-refractivity contribution in [2.75, 3.05) is 20.2 Å². The summed E-state index contributed by atoms with van der Waals surface area (Å²) in [6.07, 6.45) is 2.97. The third-order valence-electron chi connectivity index (χ3n) is 7.01. The van der Waals surface area contributed by atoms with Crippen LogP contribution in [0.3, 0.4) is 0 Å². The van der Waals surface area contributed by atoms with Crippen LogP contribution in [0.25, 0.3) is 10.9 Å². The number of nitrogens with two attached hydrogens (primary N) is 1. The molecule has 1 unspecified atom stereocenters. The van der Waals surface area contributed by atoms with Gasteiger partial charge in [-0.15, -0.1) is 0 Å². The van der Waals surface area contributed by atoms with Crippen LogP contribution in [0.4, 0.5) is 0 Å². The number of amides is 1. The first-order valence-electron chi connectivity index (χ1n) is 10.8. The molecule has 1 saturated heterocycles. The molecule has 160 valence electrons. The Labute approximate surface area is 181 Å². The number of pyridine rings is 1. The van der Waals surface area contributed by atoms with Crippen LogP contribution >= 0.6 is 0 Å². The number of benzene rings is 2. The van der Waals surface area contributed by atoms with Gasteiger partial charge in [-0.2, -0.15) is 0 Å². The van der Waals surface area contributed by atoms with Gasteiger partial charge in [-0.25, -0.2) is 4.98 Å². The van der Waals surface area contributed by atoms with E-state index in [1.165, 1.54) is 0 Å². The molecule has 5 rings (SSSR count). The van der Waals surface area contributed by atoms with Crippen molar-refractivity contribution in [3.05, 3.63) is 64.7 Å². The third-order valence-corrected chi connectivity index (χ3v) is 7.01. The van der Waals surface area contributed by atoms with Crippen molar-refractivity contribution >= 4 is 16.8 Å². The summed E-state index contributed by atoms with van der Waals surface area (Å²) < 4.78 is 6.13. The van der Waals surface area contributed by atoms with E-state index in [0.29, 0.717) is 24.0 Å². The highest BCUT2D eigenvalue weighted by molar-refractivity contribution is 5.95. The van der Waals surface area contributed by atoms with Crippen molar-refractivity contribution in [2.24, 2.45) is 5.73 Å². The van der Waals surface area contributed by atoms with Crippen molar-refractivity contribution in [1.82, 2.24) is 9.88 Å². The second-order valence-electron chi connectivity index (χ2n) is 8.87. The normalized spacial score (nSPS) is 19.7. The molecule has 0 spiro atoms. The lowest BCUT2D eigenvalue weighted by atomic mass is 9.82. The van der Waals surface area contributed by atoms with E-state index in [2.05, 4.69) is 23.0 Å². The van der Waals surface area contributed by atoms with E-state index in [-0.39, 0.29) is 11.3 Å². The van der Waals surface area contributed by atoms with E-state index in [4.69, 9.17) is 10.5 Å². The second kappa shape index (κ2) is 7.24. The van der Waals surface area contributed by atoms with Gasteiger partial charge >= 0.3 is 0 Å². The molecule has 1 aliphatic carbocycles. The number of aromatic nitrogens is 1. The van der Waals surface area contributed by atoms with Gasteiger partial charge in [0.2, 0.25) is 11.8 Å². The molecule has 0 bridgehead atoms. The highest BCUT2D eigenvalue weighted by Gasteiger charge is 2.48. The summed E-state index contributed by atoms with van der Waals surface area (Å²) >= 11 is 0. The number of hydrogen-bond acceptors (Lipinski definition) is 5. The van der Waals surface area contributed by atoms with Crippen LogP contribution in [-0.4, -0.2) is 47.1 Å². The van der Waals surface area contributed by atoms with Gasteiger partial charge in [0.15, 0.2) is 0 Å². The Balaban J connectivity index is 1.61. The fraction of sp³-hybridized carbons (Fsp3) is 0.360. The van der Waals surface area contributed by atoms with Gasteiger partial charge in [0.05, 0.1) is 5.52 Å². The fourth-order valence-corrected chi connectivity index (χ4v) is 4.86. The Morgan fingerprint density at radius 1 is 1.26 bits per heavy atom. The number of likely N-dealkylation sites (N-methyl/N-ethyl adjacent to an activating group) is 1. The monoisotopic (exact) mass is 417 g/mol. The van der Waals surface area contributed by atoms with Crippen molar-refractivity contribution < 1.29 is 14.6 Å². The standard InChI is InChI=1S/C25H27N3O3/c1-15-19(24(26)30)11-17(31-14-16-7-10-28(16)2)12-20(15)25(8-9-25)21-13-23(29)27-22-6-4-3-5-18(21)22/h3-6,11-13,16H,7-10,14H2,1-2H3,(H2,26,30)(H,27,29). The molecule has 1 saturated carbocycles. The molecule has 2 aromatic carbocycles. The van der Waals surface area contributed by atoms with Crippen LogP contribution in [-0.2, 0) is 5.41 Å². The van der Waals surface area contributed by atoms with Gasteiger partial charge in [0.1, 0.15) is 12.4 Å². The predicted molar refractivity (Wildman–Crippen MR) is 120 cm³/mol. The molecule has 6 heteroatoms. The topological polar surface area (TPSA) is 88.7 Å². The Hall–Kier alpha value is -3.12. The van der Waals surface area contributed by atoms with Crippen molar-refractivity contribution in [2.45, 2.75) is 37.6 Å². The molecule has 2 aliphatic rings. The van der Waals surface area contributed by atoms with Crippen molar-refractivity contribution in [3.63, 3.8) is 0 Å². The van der Waals surface area contributed by atoms with Crippen LogP contribution < -0.4 is 10.5 Å². The molecule has 2 fully saturated rings. The first kappa shape index (κ1) is 19.8. The smallest absolute Gasteiger partial charge is 0.249 e. The fourth-order valence-electron chi connectivity index (χ4n) is 4.86. The molecular weight excluding hydrogens is 390 g/mol. The Bertz CT molecular complexity index is 1190. The Morgan fingerprint density at radius 3 is 2.68 bits per heavy atom. The van der Waals surface area contributed by atoms with Gasteiger partial charge < -0.3 is 15.6 Å². The number of ether oxygens (including phenoxy) is 1. The van der Waals surface area contributed by atoms with Gasteiger partial charge in [-0.3, -0.25) is 9.69 Å². The number of hydrogen-bond donors (Lipinski definition) is 2. The lowest BCUT2D eigenvalue weighted by Crippen LogP contribution is -2.48. The minimum atomic E-state index is -0.455. The Kier molecular flexibility index (Phi) is 4.63. The average molecular weight is 418 g/mol. The largest absolute Gasteiger partial charge is 0.493 e. The molecule has 1 aromatic heterocycles. The van der Waals surface area contributed by atoms with Gasteiger partial charge in [-0.1, -0.05) is 18.2 Å². The summed E-state index contributed by atoms with van der Waals surface area (Å²) in [6.45, 7) is 3.62. The third kappa shape index (κ3) is 3.31. The number of likely N-dealkylation sites (tertiary alicyclic amines) is 1. The number of nitrogens with zero attached hydrogens (tertiary/aromatic N) is 2. The van der Waals surface area contributed by atoms with E-state index in [1.807, 2.05) is 31.2 Å². The predicted octanol–water partition coefficient (Wildman–Crippen LogP) is 3.51.